The average Bonchev–Trinajstić information content (AvgIpc) is 2.67. The SMILES string of the molecule is Cl.NCc1nc(C2CCSCC2)no1. The third-order valence-electron chi connectivity index (χ3n) is 2.24. The highest BCUT2D eigenvalue weighted by molar-refractivity contribution is 7.99. The molecule has 0 spiro atoms. The molecule has 4 nitrogen and oxygen atoms in total. The van der Waals surface area contributed by atoms with Crippen LogP contribution < -0.4 is 5.73 Å². The minimum Gasteiger partial charge on any atom is -0.338 e. The monoisotopic (exact) mass is 235 g/mol. The Bertz CT molecular complexity index is 275. The molecular weight excluding hydrogens is 222 g/mol. The van der Waals surface area contributed by atoms with E-state index in [2.05, 4.69) is 10.1 Å². The van der Waals surface area contributed by atoms with Crippen LogP contribution in [0.25, 0.3) is 0 Å². The van der Waals surface area contributed by atoms with Gasteiger partial charge in [-0.05, 0) is 24.3 Å². The maximum absolute atomic E-state index is 5.39. The molecule has 1 aliphatic heterocycles. The van der Waals surface area contributed by atoms with Crippen molar-refractivity contribution in [2.45, 2.75) is 25.3 Å². The number of thioether (sulfide) groups is 1. The Morgan fingerprint density at radius 3 is 2.71 bits per heavy atom. The molecule has 2 rings (SSSR count). The minimum atomic E-state index is 0. The molecule has 1 fully saturated rings. The molecule has 1 aromatic heterocycles. The Hall–Kier alpha value is -0.260. The van der Waals surface area contributed by atoms with Gasteiger partial charge in [-0.25, -0.2) is 0 Å². The Kier molecular flexibility index (Phi) is 4.71. The molecule has 1 aromatic rings. The van der Waals surface area contributed by atoms with Gasteiger partial charge >= 0.3 is 0 Å². The summed E-state index contributed by atoms with van der Waals surface area (Å²) in [6.07, 6.45) is 2.32. The second kappa shape index (κ2) is 5.58. The second-order valence-electron chi connectivity index (χ2n) is 3.14. The van der Waals surface area contributed by atoms with Crippen LogP contribution in [-0.2, 0) is 6.54 Å². The summed E-state index contributed by atoms with van der Waals surface area (Å²) in [5.41, 5.74) is 5.39. The third kappa shape index (κ3) is 2.62. The zero-order valence-corrected chi connectivity index (χ0v) is 9.44. The quantitative estimate of drug-likeness (QED) is 0.843. The Balaban J connectivity index is 0.000000980. The third-order valence-corrected chi connectivity index (χ3v) is 3.29. The first-order valence-electron chi connectivity index (χ1n) is 4.50. The lowest BCUT2D eigenvalue weighted by Crippen LogP contribution is -2.09. The molecule has 14 heavy (non-hydrogen) atoms. The number of hydrogen-bond acceptors (Lipinski definition) is 5. The van der Waals surface area contributed by atoms with E-state index in [9.17, 15) is 0 Å². The maximum Gasteiger partial charge on any atom is 0.240 e. The van der Waals surface area contributed by atoms with Gasteiger partial charge in [0.25, 0.3) is 0 Å². The summed E-state index contributed by atoms with van der Waals surface area (Å²) in [7, 11) is 0. The van der Waals surface area contributed by atoms with E-state index in [1.165, 1.54) is 11.5 Å². The van der Waals surface area contributed by atoms with Crippen LogP contribution in [0.3, 0.4) is 0 Å². The first-order chi connectivity index (χ1) is 6.40. The topological polar surface area (TPSA) is 64.9 Å². The average molecular weight is 236 g/mol. The van der Waals surface area contributed by atoms with E-state index in [4.69, 9.17) is 10.3 Å². The number of halogens is 1. The van der Waals surface area contributed by atoms with Gasteiger partial charge in [0.1, 0.15) is 0 Å². The van der Waals surface area contributed by atoms with E-state index in [1.807, 2.05) is 11.8 Å². The standard InChI is InChI=1S/C8H13N3OS.ClH/c9-5-7-10-8(11-12-7)6-1-3-13-4-2-6;/h6H,1-5,9H2;1H. The van der Waals surface area contributed by atoms with Crippen LogP contribution in [-0.4, -0.2) is 21.6 Å². The predicted molar refractivity (Wildman–Crippen MR) is 58.7 cm³/mol. The molecule has 0 aromatic carbocycles. The van der Waals surface area contributed by atoms with Crippen LogP contribution in [0.15, 0.2) is 4.52 Å². The number of nitrogens with two attached hydrogens (primary N) is 1. The molecule has 1 saturated heterocycles. The Labute approximate surface area is 93.4 Å². The van der Waals surface area contributed by atoms with Crippen molar-refractivity contribution >= 4 is 24.2 Å². The number of hydrogen-bond donors (Lipinski definition) is 1. The van der Waals surface area contributed by atoms with E-state index in [-0.39, 0.29) is 12.4 Å². The smallest absolute Gasteiger partial charge is 0.240 e. The van der Waals surface area contributed by atoms with Gasteiger partial charge in [-0.15, -0.1) is 12.4 Å². The largest absolute Gasteiger partial charge is 0.338 e. The highest BCUT2D eigenvalue weighted by atomic mass is 35.5. The van der Waals surface area contributed by atoms with Crippen LogP contribution in [0.5, 0.6) is 0 Å². The molecule has 0 aliphatic carbocycles. The number of nitrogens with zero attached hydrogens (tertiary/aromatic N) is 2. The molecule has 0 unspecified atom stereocenters. The molecule has 0 atom stereocenters. The molecular formula is C8H14ClN3OS. The van der Waals surface area contributed by atoms with Crippen LogP contribution in [0, 0.1) is 0 Å². The summed E-state index contributed by atoms with van der Waals surface area (Å²) in [5, 5.41) is 3.94. The Morgan fingerprint density at radius 1 is 1.43 bits per heavy atom. The van der Waals surface area contributed by atoms with E-state index in [1.54, 1.807) is 0 Å². The minimum absolute atomic E-state index is 0. The van der Waals surface area contributed by atoms with Crippen LogP contribution >= 0.6 is 24.2 Å². The lowest BCUT2D eigenvalue weighted by molar-refractivity contribution is 0.369. The molecule has 2 heterocycles. The molecule has 1 aliphatic rings. The van der Waals surface area contributed by atoms with Crippen molar-refractivity contribution in [3.63, 3.8) is 0 Å². The summed E-state index contributed by atoms with van der Waals surface area (Å²) < 4.78 is 4.97. The van der Waals surface area contributed by atoms with E-state index >= 15 is 0 Å². The molecule has 0 bridgehead atoms. The highest BCUT2D eigenvalue weighted by Gasteiger charge is 2.20. The molecule has 0 saturated carbocycles. The fourth-order valence-electron chi connectivity index (χ4n) is 1.47. The van der Waals surface area contributed by atoms with Crippen LogP contribution in [0.2, 0.25) is 0 Å². The second-order valence-corrected chi connectivity index (χ2v) is 4.36. The lowest BCUT2D eigenvalue weighted by Gasteiger charge is -2.17. The van der Waals surface area contributed by atoms with Gasteiger partial charge in [0.05, 0.1) is 6.54 Å². The van der Waals surface area contributed by atoms with Gasteiger partial charge in [-0.1, -0.05) is 5.16 Å². The van der Waals surface area contributed by atoms with Crippen molar-refractivity contribution in [2.24, 2.45) is 5.73 Å². The molecule has 80 valence electrons. The molecule has 0 radical (unpaired) electrons. The zero-order valence-electron chi connectivity index (χ0n) is 7.81. The number of aromatic nitrogens is 2. The first kappa shape index (κ1) is 11.8. The maximum atomic E-state index is 5.39. The van der Waals surface area contributed by atoms with Crippen molar-refractivity contribution in [1.29, 1.82) is 0 Å². The fourth-order valence-corrected chi connectivity index (χ4v) is 2.58. The van der Waals surface area contributed by atoms with E-state index < -0.39 is 0 Å². The molecule has 6 heteroatoms. The van der Waals surface area contributed by atoms with Gasteiger partial charge in [0, 0.05) is 5.92 Å². The van der Waals surface area contributed by atoms with Crippen LogP contribution in [0.4, 0.5) is 0 Å². The van der Waals surface area contributed by atoms with Crippen molar-refractivity contribution in [3.8, 4) is 0 Å². The normalized spacial score (nSPS) is 17.8. The van der Waals surface area contributed by atoms with Gasteiger partial charge < -0.3 is 10.3 Å². The fraction of sp³-hybridized carbons (Fsp3) is 0.750. The highest BCUT2D eigenvalue weighted by Crippen LogP contribution is 2.29. The summed E-state index contributed by atoms with van der Waals surface area (Å²) in [6.45, 7) is 0.342. The van der Waals surface area contributed by atoms with Gasteiger partial charge in [-0.3, -0.25) is 0 Å². The van der Waals surface area contributed by atoms with Crippen LogP contribution in [0.1, 0.15) is 30.5 Å². The Morgan fingerprint density at radius 2 is 2.14 bits per heavy atom. The van der Waals surface area contributed by atoms with Gasteiger partial charge in [-0.2, -0.15) is 16.7 Å². The number of rotatable bonds is 2. The van der Waals surface area contributed by atoms with E-state index in [0.717, 1.165) is 18.7 Å². The molecule has 0 amide bonds. The van der Waals surface area contributed by atoms with Gasteiger partial charge in [0.15, 0.2) is 5.82 Å². The van der Waals surface area contributed by atoms with Crippen molar-refractivity contribution < 1.29 is 4.52 Å². The van der Waals surface area contributed by atoms with Crippen molar-refractivity contribution in [1.82, 2.24) is 10.1 Å². The van der Waals surface area contributed by atoms with Gasteiger partial charge in [0.2, 0.25) is 5.89 Å². The van der Waals surface area contributed by atoms with Crippen molar-refractivity contribution in [2.75, 3.05) is 11.5 Å². The summed E-state index contributed by atoms with van der Waals surface area (Å²) in [4.78, 5) is 4.24. The van der Waals surface area contributed by atoms with Crippen molar-refractivity contribution in [3.05, 3.63) is 11.7 Å². The lowest BCUT2D eigenvalue weighted by atomic mass is 10.0. The summed E-state index contributed by atoms with van der Waals surface area (Å²) in [5.74, 6) is 4.30. The first-order valence-corrected chi connectivity index (χ1v) is 5.66. The molecule has 2 N–H and O–H groups in total. The zero-order chi connectivity index (χ0) is 9.10. The predicted octanol–water partition coefficient (Wildman–Crippen LogP) is 1.56. The van der Waals surface area contributed by atoms with E-state index in [0.29, 0.717) is 18.4 Å². The summed E-state index contributed by atoms with van der Waals surface area (Å²) in [6, 6.07) is 0. The summed E-state index contributed by atoms with van der Waals surface area (Å²) >= 11 is 2.00.